The van der Waals surface area contributed by atoms with Gasteiger partial charge >= 0.3 is 0 Å². The molecule has 20 heavy (non-hydrogen) atoms. The topological polar surface area (TPSA) is 72.2 Å². The first-order valence-corrected chi connectivity index (χ1v) is 5.79. The lowest BCUT2D eigenvalue weighted by molar-refractivity contribution is -0.384. The van der Waals surface area contributed by atoms with Gasteiger partial charge in [0.1, 0.15) is 5.82 Å². The van der Waals surface area contributed by atoms with Crippen molar-refractivity contribution in [3.05, 3.63) is 58.4 Å². The normalized spacial score (nSPS) is 10.1. The molecule has 1 N–H and O–H groups in total. The standard InChI is InChI=1S/C14H11FN2O3/c1-9(18)16-14-7-6-12(17(19)20)8-13(14)10-2-4-11(15)5-3-10/h2-8H,1H3,(H,16,18). The number of non-ortho nitro benzene ring substituents is 1. The van der Waals surface area contributed by atoms with E-state index in [1.54, 1.807) is 0 Å². The van der Waals surface area contributed by atoms with Crippen LogP contribution in [0.3, 0.4) is 0 Å². The van der Waals surface area contributed by atoms with Crippen molar-refractivity contribution in [1.82, 2.24) is 0 Å². The fourth-order valence-corrected chi connectivity index (χ4v) is 1.81. The third-order valence-electron chi connectivity index (χ3n) is 2.68. The molecule has 0 radical (unpaired) electrons. The summed E-state index contributed by atoms with van der Waals surface area (Å²) in [6, 6.07) is 9.62. The number of rotatable bonds is 3. The zero-order valence-electron chi connectivity index (χ0n) is 10.6. The number of halogens is 1. The number of carbonyl (C=O) groups is 1. The molecule has 2 aromatic rings. The van der Waals surface area contributed by atoms with Crippen LogP contribution in [0.5, 0.6) is 0 Å². The minimum absolute atomic E-state index is 0.0987. The third kappa shape index (κ3) is 2.97. The molecule has 0 atom stereocenters. The number of amides is 1. The highest BCUT2D eigenvalue weighted by Gasteiger charge is 2.13. The van der Waals surface area contributed by atoms with Crippen LogP contribution >= 0.6 is 0 Å². The number of hydrogen-bond acceptors (Lipinski definition) is 3. The van der Waals surface area contributed by atoms with Gasteiger partial charge in [0, 0.05) is 30.3 Å². The molecule has 0 saturated heterocycles. The van der Waals surface area contributed by atoms with E-state index in [2.05, 4.69) is 5.32 Å². The molecule has 0 aliphatic carbocycles. The van der Waals surface area contributed by atoms with Crippen LogP contribution in [0.1, 0.15) is 6.92 Å². The molecule has 0 aliphatic rings. The zero-order chi connectivity index (χ0) is 14.7. The van der Waals surface area contributed by atoms with E-state index in [1.807, 2.05) is 0 Å². The fraction of sp³-hybridized carbons (Fsp3) is 0.0714. The molecule has 2 rings (SSSR count). The maximum absolute atomic E-state index is 12.9. The molecule has 0 fully saturated rings. The summed E-state index contributed by atoms with van der Waals surface area (Å²) in [5.41, 5.74) is 1.39. The Labute approximate surface area is 114 Å². The molecule has 2 aromatic carbocycles. The molecule has 102 valence electrons. The molecule has 0 unspecified atom stereocenters. The minimum atomic E-state index is -0.523. The largest absolute Gasteiger partial charge is 0.326 e. The molecular formula is C14H11FN2O3. The van der Waals surface area contributed by atoms with Gasteiger partial charge in [0.05, 0.1) is 4.92 Å². The first kappa shape index (κ1) is 13.7. The van der Waals surface area contributed by atoms with E-state index < -0.39 is 10.7 Å². The summed E-state index contributed by atoms with van der Waals surface area (Å²) in [5, 5.41) is 13.4. The van der Waals surface area contributed by atoms with Gasteiger partial charge in [-0.2, -0.15) is 0 Å². The number of hydrogen-bond donors (Lipinski definition) is 1. The van der Waals surface area contributed by atoms with E-state index >= 15 is 0 Å². The van der Waals surface area contributed by atoms with Gasteiger partial charge in [0.15, 0.2) is 0 Å². The van der Waals surface area contributed by atoms with Crippen LogP contribution in [0, 0.1) is 15.9 Å². The predicted octanol–water partition coefficient (Wildman–Crippen LogP) is 3.36. The molecule has 0 aromatic heterocycles. The zero-order valence-corrected chi connectivity index (χ0v) is 10.6. The van der Waals surface area contributed by atoms with Crippen molar-refractivity contribution in [2.24, 2.45) is 0 Å². The summed E-state index contributed by atoms with van der Waals surface area (Å²) in [6.45, 7) is 1.34. The molecule has 0 heterocycles. The van der Waals surface area contributed by atoms with Crippen molar-refractivity contribution in [3.63, 3.8) is 0 Å². The second-order valence-electron chi connectivity index (χ2n) is 4.18. The van der Waals surface area contributed by atoms with Crippen LogP contribution in [0.2, 0.25) is 0 Å². The molecule has 5 nitrogen and oxygen atoms in total. The third-order valence-corrected chi connectivity index (χ3v) is 2.68. The Morgan fingerprint density at radius 2 is 1.85 bits per heavy atom. The van der Waals surface area contributed by atoms with Gasteiger partial charge in [-0.1, -0.05) is 12.1 Å². The molecule has 0 bridgehead atoms. The van der Waals surface area contributed by atoms with Crippen LogP contribution in [0.4, 0.5) is 15.8 Å². The molecular weight excluding hydrogens is 263 g/mol. The van der Waals surface area contributed by atoms with Gasteiger partial charge in [-0.3, -0.25) is 14.9 Å². The number of nitrogens with one attached hydrogen (secondary N) is 1. The van der Waals surface area contributed by atoms with E-state index in [0.29, 0.717) is 16.8 Å². The van der Waals surface area contributed by atoms with Crippen molar-refractivity contribution in [2.45, 2.75) is 6.92 Å². The maximum Gasteiger partial charge on any atom is 0.270 e. The minimum Gasteiger partial charge on any atom is -0.326 e. The second kappa shape index (κ2) is 5.48. The highest BCUT2D eigenvalue weighted by atomic mass is 19.1. The molecule has 1 amide bonds. The molecule has 0 saturated carbocycles. The number of nitro groups is 1. The van der Waals surface area contributed by atoms with Crippen LogP contribution in [0.15, 0.2) is 42.5 Å². The van der Waals surface area contributed by atoms with Crippen molar-refractivity contribution in [2.75, 3.05) is 5.32 Å². The number of nitro benzene ring substituents is 1. The van der Waals surface area contributed by atoms with Crippen LogP contribution < -0.4 is 5.32 Å². The highest BCUT2D eigenvalue weighted by molar-refractivity contribution is 5.94. The lowest BCUT2D eigenvalue weighted by Gasteiger charge is -2.10. The van der Waals surface area contributed by atoms with E-state index in [0.717, 1.165) is 0 Å². The Bertz CT molecular complexity index is 669. The van der Waals surface area contributed by atoms with Gasteiger partial charge in [-0.05, 0) is 23.8 Å². The van der Waals surface area contributed by atoms with Gasteiger partial charge < -0.3 is 5.32 Å². The number of carbonyl (C=O) groups excluding carboxylic acids is 1. The Morgan fingerprint density at radius 3 is 2.40 bits per heavy atom. The molecule has 0 aliphatic heterocycles. The lowest BCUT2D eigenvalue weighted by Crippen LogP contribution is -2.07. The Kier molecular flexibility index (Phi) is 3.74. The van der Waals surface area contributed by atoms with Gasteiger partial charge in [-0.15, -0.1) is 0 Å². The van der Waals surface area contributed by atoms with Crippen molar-refractivity contribution < 1.29 is 14.1 Å². The smallest absolute Gasteiger partial charge is 0.270 e. The highest BCUT2D eigenvalue weighted by Crippen LogP contribution is 2.31. The van der Waals surface area contributed by atoms with Gasteiger partial charge in [0.25, 0.3) is 5.69 Å². The summed E-state index contributed by atoms with van der Waals surface area (Å²) in [5.74, 6) is -0.692. The van der Waals surface area contributed by atoms with Crippen LogP contribution in [-0.4, -0.2) is 10.8 Å². The summed E-state index contributed by atoms with van der Waals surface area (Å²) in [4.78, 5) is 21.5. The summed E-state index contributed by atoms with van der Waals surface area (Å²) >= 11 is 0. The Morgan fingerprint density at radius 1 is 1.20 bits per heavy atom. The van der Waals surface area contributed by atoms with E-state index in [4.69, 9.17) is 0 Å². The first-order chi connectivity index (χ1) is 9.47. The number of anilines is 1. The quantitative estimate of drug-likeness (QED) is 0.689. The molecule has 0 spiro atoms. The Balaban J connectivity index is 2.56. The number of nitrogens with zero attached hydrogens (tertiary/aromatic N) is 1. The van der Waals surface area contributed by atoms with Crippen LogP contribution in [0.25, 0.3) is 11.1 Å². The number of benzene rings is 2. The van der Waals surface area contributed by atoms with Gasteiger partial charge in [0.2, 0.25) is 5.91 Å². The second-order valence-corrected chi connectivity index (χ2v) is 4.18. The lowest BCUT2D eigenvalue weighted by atomic mass is 10.0. The molecule has 6 heteroatoms. The first-order valence-electron chi connectivity index (χ1n) is 5.79. The monoisotopic (exact) mass is 274 g/mol. The fourth-order valence-electron chi connectivity index (χ4n) is 1.81. The Hall–Kier alpha value is -2.76. The maximum atomic E-state index is 12.9. The summed E-state index contributed by atoms with van der Waals surface area (Å²) in [7, 11) is 0. The van der Waals surface area contributed by atoms with E-state index in [-0.39, 0.29) is 11.6 Å². The van der Waals surface area contributed by atoms with Crippen molar-refractivity contribution >= 4 is 17.3 Å². The SMILES string of the molecule is CC(=O)Nc1ccc([N+](=O)[O-])cc1-c1ccc(F)cc1. The summed E-state index contributed by atoms with van der Waals surface area (Å²) in [6.07, 6.45) is 0. The van der Waals surface area contributed by atoms with Crippen molar-refractivity contribution in [3.8, 4) is 11.1 Å². The average molecular weight is 274 g/mol. The van der Waals surface area contributed by atoms with Gasteiger partial charge in [-0.25, -0.2) is 4.39 Å². The average Bonchev–Trinajstić information content (AvgIpc) is 2.39. The van der Waals surface area contributed by atoms with E-state index in [1.165, 1.54) is 49.4 Å². The van der Waals surface area contributed by atoms with Crippen LogP contribution in [-0.2, 0) is 4.79 Å². The predicted molar refractivity (Wildman–Crippen MR) is 72.8 cm³/mol. The van der Waals surface area contributed by atoms with Crippen molar-refractivity contribution in [1.29, 1.82) is 0 Å². The van der Waals surface area contributed by atoms with E-state index in [9.17, 15) is 19.3 Å². The summed E-state index contributed by atoms with van der Waals surface area (Å²) < 4.78 is 12.9.